The smallest absolute Gasteiger partial charge is 0.265 e. The van der Waals surface area contributed by atoms with Crippen LogP contribution in [-0.2, 0) is 4.79 Å². The highest BCUT2D eigenvalue weighted by molar-refractivity contribution is 6.33. The summed E-state index contributed by atoms with van der Waals surface area (Å²) in [7, 11) is 0. The number of carbonyl (C=O) groups excluding carboxylic acids is 1. The van der Waals surface area contributed by atoms with Crippen molar-refractivity contribution in [1.29, 1.82) is 0 Å². The molecule has 0 aliphatic heterocycles. The van der Waals surface area contributed by atoms with Crippen LogP contribution >= 0.6 is 11.6 Å². The fraction of sp³-hybridized carbons (Fsp3) is 0.133. The number of hydrogen-bond acceptors (Lipinski definition) is 2. The van der Waals surface area contributed by atoms with E-state index in [2.05, 4.69) is 5.32 Å². The van der Waals surface area contributed by atoms with Gasteiger partial charge in [-0.1, -0.05) is 11.6 Å². The molecule has 0 heterocycles. The Morgan fingerprint density at radius 3 is 2.50 bits per heavy atom. The zero-order chi connectivity index (χ0) is 16.3. The average molecular weight is 330 g/mol. The van der Waals surface area contributed by atoms with Crippen molar-refractivity contribution in [1.82, 2.24) is 0 Å². The number of rotatable bonds is 4. The van der Waals surface area contributed by atoms with Crippen LogP contribution in [0.5, 0.6) is 5.75 Å². The lowest BCUT2D eigenvalue weighted by molar-refractivity contribution is -0.122. The number of ether oxygens (including phenoxy) is 1. The molecule has 0 spiro atoms. The van der Waals surface area contributed by atoms with Gasteiger partial charge in [0, 0.05) is 6.07 Å². The Bertz CT molecular complexity index is 709. The summed E-state index contributed by atoms with van der Waals surface area (Å²) in [6.45, 7) is 1.42. The van der Waals surface area contributed by atoms with Gasteiger partial charge in [-0.25, -0.2) is 13.2 Å². The molecule has 0 radical (unpaired) electrons. The predicted molar refractivity (Wildman–Crippen MR) is 76.5 cm³/mol. The first-order valence-corrected chi connectivity index (χ1v) is 6.62. The number of carbonyl (C=O) groups is 1. The zero-order valence-electron chi connectivity index (χ0n) is 11.4. The highest BCUT2D eigenvalue weighted by Gasteiger charge is 2.17. The van der Waals surface area contributed by atoms with E-state index in [0.29, 0.717) is 0 Å². The maximum atomic E-state index is 13.1. The molecule has 1 unspecified atom stereocenters. The lowest BCUT2D eigenvalue weighted by Crippen LogP contribution is -2.30. The highest BCUT2D eigenvalue weighted by atomic mass is 35.5. The topological polar surface area (TPSA) is 38.3 Å². The summed E-state index contributed by atoms with van der Waals surface area (Å²) in [4.78, 5) is 11.9. The van der Waals surface area contributed by atoms with Crippen LogP contribution in [0.2, 0.25) is 5.02 Å². The molecule has 2 aromatic carbocycles. The number of nitrogens with one attached hydrogen (secondary N) is 1. The minimum absolute atomic E-state index is 0.00625. The van der Waals surface area contributed by atoms with Crippen LogP contribution in [0.25, 0.3) is 0 Å². The molecule has 0 aromatic heterocycles. The van der Waals surface area contributed by atoms with Crippen LogP contribution < -0.4 is 10.1 Å². The van der Waals surface area contributed by atoms with E-state index >= 15 is 0 Å². The van der Waals surface area contributed by atoms with Gasteiger partial charge in [0.2, 0.25) is 0 Å². The molecule has 2 aromatic rings. The van der Waals surface area contributed by atoms with Gasteiger partial charge in [0.15, 0.2) is 17.7 Å². The number of amides is 1. The Labute approximate surface area is 129 Å². The summed E-state index contributed by atoms with van der Waals surface area (Å²) in [5.41, 5.74) is 0.216. The van der Waals surface area contributed by atoms with Gasteiger partial charge in [-0.15, -0.1) is 0 Å². The van der Waals surface area contributed by atoms with Crippen LogP contribution in [0.4, 0.5) is 18.9 Å². The number of anilines is 1. The first-order chi connectivity index (χ1) is 10.4. The number of hydrogen-bond donors (Lipinski definition) is 1. The Kier molecular flexibility index (Phi) is 4.92. The maximum absolute atomic E-state index is 13.1. The fourth-order valence-electron chi connectivity index (χ4n) is 1.63. The molecule has 1 amide bonds. The Balaban J connectivity index is 2.04. The van der Waals surface area contributed by atoms with Crippen molar-refractivity contribution >= 4 is 23.2 Å². The van der Waals surface area contributed by atoms with Crippen molar-refractivity contribution in [3.8, 4) is 5.75 Å². The first kappa shape index (κ1) is 16.2. The molecule has 1 N–H and O–H groups in total. The van der Waals surface area contributed by atoms with Crippen molar-refractivity contribution in [2.45, 2.75) is 13.0 Å². The van der Waals surface area contributed by atoms with Crippen LogP contribution in [0.15, 0.2) is 36.4 Å². The molecule has 0 aliphatic rings. The summed E-state index contributed by atoms with van der Waals surface area (Å²) in [6.07, 6.45) is -0.994. The van der Waals surface area contributed by atoms with E-state index in [1.165, 1.54) is 19.1 Å². The van der Waals surface area contributed by atoms with E-state index in [9.17, 15) is 18.0 Å². The third kappa shape index (κ3) is 3.92. The Morgan fingerprint density at radius 1 is 1.14 bits per heavy atom. The number of halogens is 4. The third-order valence-electron chi connectivity index (χ3n) is 2.76. The van der Waals surface area contributed by atoms with Crippen molar-refractivity contribution in [2.24, 2.45) is 0 Å². The van der Waals surface area contributed by atoms with E-state index in [4.69, 9.17) is 16.3 Å². The van der Waals surface area contributed by atoms with Gasteiger partial charge in [0.25, 0.3) is 5.91 Å². The molecule has 0 saturated heterocycles. The lowest BCUT2D eigenvalue weighted by Gasteiger charge is -2.15. The minimum atomic E-state index is -1.08. The molecule has 116 valence electrons. The van der Waals surface area contributed by atoms with Crippen LogP contribution in [0.1, 0.15) is 6.92 Å². The van der Waals surface area contributed by atoms with E-state index < -0.39 is 29.5 Å². The van der Waals surface area contributed by atoms with Gasteiger partial charge in [-0.3, -0.25) is 4.79 Å². The van der Waals surface area contributed by atoms with Crippen molar-refractivity contribution in [2.75, 3.05) is 5.32 Å². The SMILES string of the molecule is CC(Oc1ccc(F)c(F)c1)C(=O)Nc1ccc(F)cc1Cl. The second kappa shape index (κ2) is 6.70. The third-order valence-corrected chi connectivity index (χ3v) is 3.07. The predicted octanol–water partition coefficient (Wildman–Crippen LogP) is 4.16. The van der Waals surface area contributed by atoms with Gasteiger partial charge in [-0.2, -0.15) is 0 Å². The summed E-state index contributed by atoms with van der Waals surface area (Å²) in [6, 6.07) is 6.43. The van der Waals surface area contributed by atoms with Crippen LogP contribution in [0.3, 0.4) is 0 Å². The molecule has 3 nitrogen and oxygen atoms in total. The van der Waals surface area contributed by atoms with Gasteiger partial charge >= 0.3 is 0 Å². The van der Waals surface area contributed by atoms with E-state index in [0.717, 1.165) is 24.3 Å². The standard InChI is InChI=1S/C15H11ClF3NO2/c1-8(22-10-3-4-12(18)13(19)7-10)15(21)20-14-5-2-9(17)6-11(14)16/h2-8H,1H3,(H,20,21). The number of benzene rings is 2. The molecule has 7 heteroatoms. The summed E-state index contributed by atoms with van der Waals surface area (Å²) < 4.78 is 44.0. The second-order valence-corrected chi connectivity index (χ2v) is 4.86. The molecule has 0 aliphatic carbocycles. The summed E-state index contributed by atoms with van der Waals surface area (Å²) >= 11 is 5.79. The average Bonchev–Trinajstić information content (AvgIpc) is 2.45. The molecule has 22 heavy (non-hydrogen) atoms. The molecular formula is C15H11ClF3NO2. The second-order valence-electron chi connectivity index (χ2n) is 4.45. The highest BCUT2D eigenvalue weighted by Crippen LogP contribution is 2.23. The quantitative estimate of drug-likeness (QED) is 0.914. The molecule has 2 rings (SSSR count). The van der Waals surface area contributed by atoms with Gasteiger partial charge in [0.05, 0.1) is 10.7 Å². The Morgan fingerprint density at radius 2 is 1.86 bits per heavy atom. The molecule has 0 fully saturated rings. The van der Waals surface area contributed by atoms with Gasteiger partial charge < -0.3 is 10.1 Å². The molecular weight excluding hydrogens is 319 g/mol. The van der Waals surface area contributed by atoms with Gasteiger partial charge in [0.1, 0.15) is 11.6 Å². The summed E-state index contributed by atoms with van der Waals surface area (Å²) in [5.74, 6) is -3.19. The zero-order valence-corrected chi connectivity index (χ0v) is 12.1. The van der Waals surface area contributed by atoms with Crippen molar-refractivity contribution in [3.63, 3.8) is 0 Å². The van der Waals surface area contributed by atoms with Crippen molar-refractivity contribution in [3.05, 3.63) is 58.9 Å². The van der Waals surface area contributed by atoms with Gasteiger partial charge in [-0.05, 0) is 37.3 Å². The van der Waals surface area contributed by atoms with Crippen LogP contribution in [0, 0.1) is 17.5 Å². The molecule has 0 saturated carbocycles. The van der Waals surface area contributed by atoms with E-state index in [-0.39, 0.29) is 16.5 Å². The monoisotopic (exact) mass is 329 g/mol. The normalized spacial score (nSPS) is 11.9. The molecule has 0 bridgehead atoms. The summed E-state index contributed by atoms with van der Waals surface area (Å²) in [5, 5.41) is 2.49. The lowest BCUT2D eigenvalue weighted by atomic mass is 10.2. The first-order valence-electron chi connectivity index (χ1n) is 6.24. The van der Waals surface area contributed by atoms with E-state index in [1.54, 1.807) is 0 Å². The Hall–Kier alpha value is -2.21. The fourth-order valence-corrected chi connectivity index (χ4v) is 1.85. The van der Waals surface area contributed by atoms with Crippen molar-refractivity contribution < 1.29 is 22.7 Å². The largest absolute Gasteiger partial charge is 0.481 e. The van der Waals surface area contributed by atoms with Crippen LogP contribution in [-0.4, -0.2) is 12.0 Å². The minimum Gasteiger partial charge on any atom is -0.481 e. The maximum Gasteiger partial charge on any atom is 0.265 e. The van der Waals surface area contributed by atoms with E-state index in [1.807, 2.05) is 0 Å². The molecule has 1 atom stereocenters.